The highest BCUT2D eigenvalue weighted by Crippen LogP contribution is 2.06. The van der Waals surface area contributed by atoms with Gasteiger partial charge < -0.3 is 10.1 Å². The van der Waals surface area contributed by atoms with Crippen LogP contribution < -0.4 is 5.32 Å². The fourth-order valence-corrected chi connectivity index (χ4v) is 0.954. The van der Waals surface area contributed by atoms with Gasteiger partial charge in [0.2, 0.25) is 0 Å². The van der Waals surface area contributed by atoms with E-state index in [1.807, 2.05) is 6.92 Å². The van der Waals surface area contributed by atoms with Gasteiger partial charge in [-0.3, -0.25) is 0 Å². The molecule has 0 aromatic heterocycles. The van der Waals surface area contributed by atoms with Crippen LogP contribution in [0.3, 0.4) is 0 Å². The van der Waals surface area contributed by atoms with Crippen molar-refractivity contribution in [2.24, 2.45) is 5.92 Å². The van der Waals surface area contributed by atoms with E-state index >= 15 is 0 Å². The molecule has 0 aromatic carbocycles. The Balaban J connectivity index is 3.51. The van der Waals surface area contributed by atoms with Crippen LogP contribution in [0.4, 0.5) is 4.79 Å². The molecule has 0 radical (unpaired) electrons. The average Bonchev–Trinajstić information content (AvgIpc) is 1.85. The van der Waals surface area contributed by atoms with Crippen LogP contribution in [-0.2, 0) is 4.74 Å². The van der Waals surface area contributed by atoms with E-state index in [4.69, 9.17) is 4.74 Å². The standard InChI is InChI=1S/C8H17NO2/c1-6(2)5-7(3)11-8(10)9-4/h6-7H,5H2,1-4H3,(H,9,10). The molecule has 0 aliphatic rings. The quantitative estimate of drug-likeness (QED) is 0.681. The zero-order valence-corrected chi connectivity index (χ0v) is 7.68. The Morgan fingerprint density at radius 1 is 1.45 bits per heavy atom. The molecule has 66 valence electrons. The minimum Gasteiger partial charge on any atom is -0.447 e. The predicted molar refractivity (Wildman–Crippen MR) is 44.5 cm³/mol. The third kappa shape index (κ3) is 5.70. The molecule has 0 rings (SSSR count). The van der Waals surface area contributed by atoms with Crippen molar-refractivity contribution in [3.63, 3.8) is 0 Å². The van der Waals surface area contributed by atoms with E-state index in [1.165, 1.54) is 0 Å². The predicted octanol–water partition coefficient (Wildman–Crippen LogP) is 1.78. The number of hydrogen-bond acceptors (Lipinski definition) is 2. The second-order valence-electron chi connectivity index (χ2n) is 3.10. The van der Waals surface area contributed by atoms with Gasteiger partial charge in [0, 0.05) is 7.05 Å². The van der Waals surface area contributed by atoms with E-state index in [0.717, 1.165) is 6.42 Å². The average molecular weight is 159 g/mol. The number of amides is 1. The minimum absolute atomic E-state index is 0.00921. The fraction of sp³-hybridized carbons (Fsp3) is 0.875. The van der Waals surface area contributed by atoms with Crippen LogP contribution in [0.5, 0.6) is 0 Å². The molecule has 0 fully saturated rings. The summed E-state index contributed by atoms with van der Waals surface area (Å²) in [7, 11) is 1.56. The summed E-state index contributed by atoms with van der Waals surface area (Å²) >= 11 is 0. The van der Waals surface area contributed by atoms with Crippen LogP contribution in [0.25, 0.3) is 0 Å². The molecule has 3 heteroatoms. The SMILES string of the molecule is CNC(=O)OC(C)CC(C)C. The second-order valence-corrected chi connectivity index (χ2v) is 3.10. The van der Waals surface area contributed by atoms with Gasteiger partial charge in [-0.1, -0.05) is 13.8 Å². The molecule has 0 spiro atoms. The van der Waals surface area contributed by atoms with E-state index < -0.39 is 0 Å². The largest absolute Gasteiger partial charge is 0.447 e. The Hall–Kier alpha value is -0.730. The number of carbonyl (C=O) groups excluding carboxylic acids is 1. The molecular weight excluding hydrogens is 142 g/mol. The monoisotopic (exact) mass is 159 g/mol. The van der Waals surface area contributed by atoms with Gasteiger partial charge in [0.15, 0.2) is 0 Å². The van der Waals surface area contributed by atoms with Gasteiger partial charge in [-0.05, 0) is 19.3 Å². The second kappa shape index (κ2) is 4.99. The van der Waals surface area contributed by atoms with Gasteiger partial charge in [0.1, 0.15) is 6.10 Å². The molecule has 1 unspecified atom stereocenters. The molecular formula is C8H17NO2. The zero-order valence-electron chi connectivity index (χ0n) is 7.68. The highest BCUT2D eigenvalue weighted by molar-refractivity contribution is 5.66. The van der Waals surface area contributed by atoms with Gasteiger partial charge in [0.25, 0.3) is 0 Å². The van der Waals surface area contributed by atoms with Crippen molar-refractivity contribution in [1.29, 1.82) is 0 Å². The summed E-state index contributed by atoms with van der Waals surface area (Å²) in [6.07, 6.45) is 0.570. The lowest BCUT2D eigenvalue weighted by Crippen LogP contribution is -2.25. The van der Waals surface area contributed by atoms with Crippen LogP contribution in [0.1, 0.15) is 27.2 Å². The maximum atomic E-state index is 10.7. The van der Waals surface area contributed by atoms with Crippen molar-refractivity contribution < 1.29 is 9.53 Å². The van der Waals surface area contributed by atoms with E-state index in [0.29, 0.717) is 5.92 Å². The normalized spacial score (nSPS) is 12.8. The number of rotatable bonds is 3. The van der Waals surface area contributed by atoms with Crippen LogP contribution in [0.15, 0.2) is 0 Å². The number of hydrogen-bond donors (Lipinski definition) is 1. The molecule has 0 saturated carbocycles. The summed E-state index contributed by atoms with van der Waals surface area (Å²) in [6, 6.07) is 0. The van der Waals surface area contributed by atoms with Crippen molar-refractivity contribution in [3.8, 4) is 0 Å². The zero-order chi connectivity index (χ0) is 8.85. The molecule has 1 atom stereocenters. The Labute approximate surface area is 68.1 Å². The molecule has 1 amide bonds. The summed E-state index contributed by atoms with van der Waals surface area (Å²) in [5.41, 5.74) is 0. The van der Waals surface area contributed by atoms with Crippen LogP contribution in [-0.4, -0.2) is 19.2 Å². The summed E-state index contributed by atoms with van der Waals surface area (Å²) in [5.74, 6) is 0.564. The minimum atomic E-state index is -0.349. The van der Waals surface area contributed by atoms with Crippen LogP contribution >= 0.6 is 0 Å². The van der Waals surface area contributed by atoms with E-state index in [1.54, 1.807) is 7.05 Å². The molecule has 0 heterocycles. The molecule has 1 N–H and O–H groups in total. The molecule has 11 heavy (non-hydrogen) atoms. The van der Waals surface area contributed by atoms with Crippen molar-refractivity contribution in [2.75, 3.05) is 7.05 Å². The first kappa shape index (κ1) is 10.3. The van der Waals surface area contributed by atoms with Gasteiger partial charge >= 0.3 is 6.09 Å². The molecule has 0 aromatic rings. The fourth-order valence-electron chi connectivity index (χ4n) is 0.954. The van der Waals surface area contributed by atoms with E-state index in [9.17, 15) is 4.79 Å². The third-order valence-corrected chi connectivity index (χ3v) is 1.32. The number of carbonyl (C=O) groups is 1. The smallest absolute Gasteiger partial charge is 0.407 e. The first-order valence-corrected chi connectivity index (χ1v) is 3.94. The lowest BCUT2D eigenvalue weighted by molar-refractivity contribution is 0.0971. The van der Waals surface area contributed by atoms with Crippen molar-refractivity contribution in [3.05, 3.63) is 0 Å². The lowest BCUT2D eigenvalue weighted by Gasteiger charge is -2.14. The molecule has 3 nitrogen and oxygen atoms in total. The Morgan fingerprint density at radius 2 is 2.00 bits per heavy atom. The number of ether oxygens (including phenoxy) is 1. The summed E-state index contributed by atoms with van der Waals surface area (Å²) in [4.78, 5) is 10.7. The topological polar surface area (TPSA) is 38.3 Å². The summed E-state index contributed by atoms with van der Waals surface area (Å²) < 4.78 is 4.96. The Kier molecular flexibility index (Phi) is 4.66. The lowest BCUT2D eigenvalue weighted by atomic mass is 10.1. The maximum Gasteiger partial charge on any atom is 0.407 e. The van der Waals surface area contributed by atoms with Crippen molar-refractivity contribution in [2.45, 2.75) is 33.3 Å². The Morgan fingerprint density at radius 3 is 2.36 bits per heavy atom. The van der Waals surface area contributed by atoms with Gasteiger partial charge in [-0.25, -0.2) is 4.79 Å². The highest BCUT2D eigenvalue weighted by Gasteiger charge is 2.08. The van der Waals surface area contributed by atoms with Gasteiger partial charge in [0.05, 0.1) is 0 Å². The third-order valence-electron chi connectivity index (χ3n) is 1.32. The van der Waals surface area contributed by atoms with Crippen molar-refractivity contribution >= 4 is 6.09 Å². The number of alkyl carbamates (subject to hydrolysis) is 1. The molecule has 0 saturated heterocycles. The van der Waals surface area contributed by atoms with Crippen LogP contribution in [0.2, 0.25) is 0 Å². The van der Waals surface area contributed by atoms with Crippen LogP contribution in [0, 0.1) is 5.92 Å². The van der Waals surface area contributed by atoms with E-state index in [-0.39, 0.29) is 12.2 Å². The molecule has 0 aliphatic carbocycles. The highest BCUT2D eigenvalue weighted by atomic mass is 16.6. The van der Waals surface area contributed by atoms with E-state index in [2.05, 4.69) is 19.2 Å². The van der Waals surface area contributed by atoms with Gasteiger partial charge in [-0.15, -0.1) is 0 Å². The first-order chi connectivity index (χ1) is 5.06. The van der Waals surface area contributed by atoms with Gasteiger partial charge in [-0.2, -0.15) is 0 Å². The summed E-state index contributed by atoms with van der Waals surface area (Å²) in [5, 5.41) is 2.41. The summed E-state index contributed by atoms with van der Waals surface area (Å²) in [6.45, 7) is 6.10. The molecule has 0 aliphatic heterocycles. The first-order valence-electron chi connectivity index (χ1n) is 3.94. The Bertz CT molecular complexity index is 123. The number of nitrogens with one attached hydrogen (secondary N) is 1. The molecule has 0 bridgehead atoms. The maximum absolute atomic E-state index is 10.7. The van der Waals surface area contributed by atoms with Crippen molar-refractivity contribution in [1.82, 2.24) is 5.32 Å².